The molecule has 0 saturated heterocycles. The van der Waals surface area contributed by atoms with Crippen molar-refractivity contribution in [3.8, 4) is 0 Å². The summed E-state index contributed by atoms with van der Waals surface area (Å²) < 4.78 is 1.56. The minimum atomic E-state index is -0.340. The number of thiazole rings is 1. The average molecular weight is 332 g/mol. The van der Waals surface area contributed by atoms with Crippen LogP contribution in [0.1, 0.15) is 32.4 Å². The molecule has 0 radical (unpaired) electrons. The molecular weight excluding hydrogens is 318 g/mol. The number of hydrogen-bond acceptors (Lipinski definition) is 4. The zero-order chi connectivity index (χ0) is 13.4. The summed E-state index contributed by atoms with van der Waals surface area (Å²) in [5.41, 5.74) is 0.575. The molecule has 0 bridgehead atoms. The van der Waals surface area contributed by atoms with Crippen LogP contribution in [0.2, 0.25) is 0 Å². The standard InChI is InChI=1S/C11H14BrN3O2S/c1-6(2)8(7(3)12)9-10(15(16)17)14-4-5-18-11(14)13-9/h4-8H,1-3H3. The number of aromatic nitrogens is 2. The number of nitro groups is 1. The average Bonchev–Trinajstić information content (AvgIpc) is 2.74. The van der Waals surface area contributed by atoms with Crippen LogP contribution in [0.25, 0.3) is 4.96 Å². The molecule has 2 unspecified atom stereocenters. The fourth-order valence-electron chi connectivity index (χ4n) is 2.26. The van der Waals surface area contributed by atoms with E-state index < -0.39 is 0 Å². The van der Waals surface area contributed by atoms with Gasteiger partial charge in [-0.05, 0) is 10.8 Å². The van der Waals surface area contributed by atoms with E-state index in [0.717, 1.165) is 0 Å². The Hall–Kier alpha value is -0.950. The second-order valence-corrected chi connectivity index (χ2v) is 6.90. The zero-order valence-electron chi connectivity index (χ0n) is 10.3. The van der Waals surface area contributed by atoms with Crippen molar-refractivity contribution in [2.75, 3.05) is 0 Å². The molecule has 18 heavy (non-hydrogen) atoms. The topological polar surface area (TPSA) is 60.4 Å². The Labute approximate surface area is 117 Å². The number of alkyl halides is 1. The molecule has 2 heterocycles. The first-order chi connectivity index (χ1) is 8.43. The van der Waals surface area contributed by atoms with Gasteiger partial charge in [0.25, 0.3) is 4.96 Å². The van der Waals surface area contributed by atoms with Gasteiger partial charge in [-0.1, -0.05) is 48.0 Å². The second kappa shape index (κ2) is 4.97. The smallest absolute Gasteiger partial charge is 0.352 e. The van der Waals surface area contributed by atoms with E-state index in [1.54, 1.807) is 16.0 Å². The first-order valence-corrected chi connectivity index (χ1v) is 7.47. The Morgan fingerprint density at radius 1 is 1.50 bits per heavy atom. The summed E-state index contributed by atoms with van der Waals surface area (Å²) in [5.74, 6) is 0.399. The molecule has 0 aliphatic heterocycles. The Morgan fingerprint density at radius 2 is 2.17 bits per heavy atom. The van der Waals surface area contributed by atoms with Crippen LogP contribution in [0.5, 0.6) is 0 Å². The van der Waals surface area contributed by atoms with Crippen LogP contribution < -0.4 is 0 Å². The van der Waals surface area contributed by atoms with E-state index in [1.807, 2.05) is 6.92 Å². The highest BCUT2D eigenvalue weighted by Crippen LogP contribution is 2.37. The van der Waals surface area contributed by atoms with E-state index in [0.29, 0.717) is 10.7 Å². The molecule has 2 atom stereocenters. The monoisotopic (exact) mass is 331 g/mol. The second-order valence-electron chi connectivity index (χ2n) is 4.58. The van der Waals surface area contributed by atoms with Crippen molar-refractivity contribution in [2.45, 2.75) is 31.5 Å². The predicted molar refractivity (Wildman–Crippen MR) is 75.7 cm³/mol. The lowest BCUT2D eigenvalue weighted by Gasteiger charge is -2.21. The van der Waals surface area contributed by atoms with Crippen LogP contribution in [-0.4, -0.2) is 19.1 Å². The van der Waals surface area contributed by atoms with E-state index in [2.05, 4.69) is 34.8 Å². The van der Waals surface area contributed by atoms with Crippen molar-refractivity contribution in [1.29, 1.82) is 0 Å². The van der Waals surface area contributed by atoms with Gasteiger partial charge in [0.05, 0.1) is 0 Å². The third kappa shape index (κ3) is 2.16. The molecule has 2 aromatic heterocycles. The van der Waals surface area contributed by atoms with Crippen LogP contribution in [0.3, 0.4) is 0 Å². The molecule has 2 rings (SSSR count). The highest BCUT2D eigenvalue weighted by atomic mass is 79.9. The highest BCUT2D eigenvalue weighted by Gasteiger charge is 2.33. The fraction of sp³-hybridized carbons (Fsp3) is 0.545. The van der Waals surface area contributed by atoms with Gasteiger partial charge in [-0.3, -0.25) is 0 Å². The third-order valence-electron chi connectivity index (χ3n) is 2.96. The zero-order valence-corrected chi connectivity index (χ0v) is 12.7. The molecule has 7 heteroatoms. The SMILES string of the molecule is CC(C)C(c1nc2sccn2c1[N+](=O)[O-])C(C)Br. The van der Waals surface area contributed by atoms with Gasteiger partial charge < -0.3 is 10.1 Å². The van der Waals surface area contributed by atoms with Crippen LogP contribution in [0, 0.1) is 16.0 Å². The molecule has 0 aliphatic rings. The van der Waals surface area contributed by atoms with Crippen LogP contribution in [0.15, 0.2) is 11.6 Å². The number of rotatable bonds is 4. The summed E-state index contributed by atoms with van der Waals surface area (Å²) >= 11 is 4.95. The van der Waals surface area contributed by atoms with E-state index in [1.165, 1.54) is 11.3 Å². The Balaban J connectivity index is 2.65. The minimum absolute atomic E-state index is 0.0255. The maximum absolute atomic E-state index is 11.3. The summed E-state index contributed by atoms with van der Waals surface area (Å²) in [6.45, 7) is 6.11. The molecule has 0 spiro atoms. The fourth-order valence-corrected chi connectivity index (χ4v) is 3.84. The summed E-state index contributed by atoms with van der Waals surface area (Å²) in [5, 5.41) is 13.1. The Kier molecular flexibility index (Phi) is 3.72. The van der Waals surface area contributed by atoms with Gasteiger partial charge in [0.15, 0.2) is 0 Å². The van der Waals surface area contributed by atoms with E-state index >= 15 is 0 Å². The van der Waals surface area contributed by atoms with Gasteiger partial charge in [0.1, 0.15) is 11.9 Å². The molecule has 5 nitrogen and oxygen atoms in total. The first-order valence-electron chi connectivity index (χ1n) is 5.67. The van der Waals surface area contributed by atoms with E-state index in [-0.39, 0.29) is 27.4 Å². The van der Waals surface area contributed by atoms with Gasteiger partial charge >= 0.3 is 5.82 Å². The number of nitrogens with zero attached hydrogens (tertiary/aromatic N) is 3. The number of halogens is 1. The maximum Gasteiger partial charge on any atom is 0.352 e. The Bertz CT molecular complexity index is 568. The lowest BCUT2D eigenvalue weighted by Crippen LogP contribution is -2.17. The third-order valence-corrected chi connectivity index (χ3v) is 4.29. The van der Waals surface area contributed by atoms with Crippen molar-refractivity contribution < 1.29 is 4.92 Å². The molecule has 98 valence electrons. The molecule has 0 N–H and O–H groups in total. The molecular formula is C11H14BrN3O2S. The van der Waals surface area contributed by atoms with Gasteiger partial charge in [0.2, 0.25) is 0 Å². The molecule has 0 aromatic carbocycles. The largest absolute Gasteiger partial charge is 0.358 e. The van der Waals surface area contributed by atoms with Crippen molar-refractivity contribution in [2.24, 2.45) is 5.92 Å². The quantitative estimate of drug-likeness (QED) is 0.486. The summed E-state index contributed by atoms with van der Waals surface area (Å²) in [7, 11) is 0. The molecule has 2 aromatic rings. The molecule has 0 saturated carbocycles. The lowest BCUT2D eigenvalue weighted by atomic mass is 9.90. The van der Waals surface area contributed by atoms with Gasteiger partial charge in [-0.25, -0.2) is 0 Å². The molecule has 0 fully saturated rings. The van der Waals surface area contributed by atoms with Gasteiger partial charge in [-0.2, -0.15) is 9.38 Å². The number of hydrogen-bond donors (Lipinski definition) is 0. The van der Waals surface area contributed by atoms with Gasteiger partial charge in [0, 0.05) is 16.1 Å². The highest BCUT2D eigenvalue weighted by molar-refractivity contribution is 9.09. The minimum Gasteiger partial charge on any atom is -0.358 e. The van der Waals surface area contributed by atoms with E-state index in [9.17, 15) is 10.1 Å². The van der Waals surface area contributed by atoms with Crippen molar-refractivity contribution in [3.05, 3.63) is 27.4 Å². The lowest BCUT2D eigenvalue weighted by molar-refractivity contribution is -0.391. The van der Waals surface area contributed by atoms with Crippen LogP contribution in [-0.2, 0) is 0 Å². The summed E-state index contributed by atoms with van der Waals surface area (Å²) in [4.78, 5) is 16.2. The number of fused-ring (bicyclic) bond motifs is 1. The predicted octanol–water partition coefficient (Wildman–Crippen LogP) is 3.83. The summed E-state index contributed by atoms with van der Waals surface area (Å²) in [6, 6.07) is 0. The van der Waals surface area contributed by atoms with Crippen molar-refractivity contribution >= 4 is 38.0 Å². The molecule has 0 aliphatic carbocycles. The Morgan fingerprint density at radius 3 is 2.67 bits per heavy atom. The summed E-state index contributed by atoms with van der Waals surface area (Å²) in [6.07, 6.45) is 1.70. The normalized spacial score (nSPS) is 15.2. The van der Waals surface area contributed by atoms with Crippen molar-refractivity contribution in [3.63, 3.8) is 0 Å². The van der Waals surface area contributed by atoms with Crippen LogP contribution in [0.4, 0.5) is 5.82 Å². The molecule has 0 amide bonds. The number of imidazole rings is 1. The first kappa shape index (κ1) is 13.5. The maximum atomic E-state index is 11.3. The van der Waals surface area contributed by atoms with E-state index in [4.69, 9.17) is 0 Å². The van der Waals surface area contributed by atoms with Gasteiger partial charge in [-0.15, -0.1) is 0 Å². The van der Waals surface area contributed by atoms with Crippen LogP contribution >= 0.6 is 27.3 Å². The van der Waals surface area contributed by atoms with Crippen molar-refractivity contribution in [1.82, 2.24) is 9.38 Å².